The van der Waals surface area contributed by atoms with Crippen LogP contribution in [0.4, 0.5) is 13.2 Å². The molecule has 2 rings (SSSR count). The van der Waals surface area contributed by atoms with Gasteiger partial charge in [-0.05, 0) is 44.1 Å². The fourth-order valence-corrected chi connectivity index (χ4v) is 2.40. The zero-order chi connectivity index (χ0) is 13.9. The Morgan fingerprint density at radius 3 is 2.58 bits per heavy atom. The Hall–Kier alpha value is -1.07. The molecule has 0 aliphatic carbocycles. The average molecular weight is 272 g/mol. The van der Waals surface area contributed by atoms with Crippen LogP contribution >= 0.6 is 0 Å². The van der Waals surface area contributed by atoms with Gasteiger partial charge in [-0.15, -0.1) is 0 Å². The molecule has 1 heterocycles. The van der Waals surface area contributed by atoms with Gasteiger partial charge in [0, 0.05) is 19.1 Å². The van der Waals surface area contributed by atoms with Crippen LogP contribution in [0.1, 0.15) is 24.5 Å². The summed E-state index contributed by atoms with van der Waals surface area (Å²) < 4.78 is 37.4. The van der Waals surface area contributed by atoms with E-state index in [1.807, 2.05) is 0 Å². The van der Waals surface area contributed by atoms with Gasteiger partial charge in [0.05, 0.1) is 5.56 Å². The number of hydrogen-bond acceptors (Lipinski definition) is 2. The number of halogens is 3. The fraction of sp³-hybridized carbons (Fsp3) is 0.571. The summed E-state index contributed by atoms with van der Waals surface area (Å²) in [6.45, 7) is 5.76. The molecule has 0 aromatic heterocycles. The van der Waals surface area contributed by atoms with E-state index in [2.05, 4.69) is 17.1 Å². The molecule has 1 aromatic carbocycles. The second kappa shape index (κ2) is 5.92. The summed E-state index contributed by atoms with van der Waals surface area (Å²) in [7, 11) is 0. The van der Waals surface area contributed by atoms with E-state index in [4.69, 9.17) is 0 Å². The molecule has 1 N–H and O–H groups in total. The van der Waals surface area contributed by atoms with Crippen molar-refractivity contribution < 1.29 is 13.2 Å². The smallest absolute Gasteiger partial charge is 0.313 e. The van der Waals surface area contributed by atoms with Crippen LogP contribution in [0, 0.1) is 0 Å². The molecule has 1 atom stereocenters. The lowest BCUT2D eigenvalue weighted by Gasteiger charge is -2.22. The zero-order valence-electron chi connectivity index (χ0n) is 11.0. The molecule has 0 radical (unpaired) electrons. The molecule has 1 fully saturated rings. The van der Waals surface area contributed by atoms with Gasteiger partial charge in [0.2, 0.25) is 0 Å². The molecular weight excluding hydrogens is 253 g/mol. The quantitative estimate of drug-likeness (QED) is 0.890. The largest absolute Gasteiger partial charge is 0.416 e. The van der Waals surface area contributed by atoms with Crippen molar-refractivity contribution >= 4 is 0 Å². The fourth-order valence-electron chi connectivity index (χ4n) is 2.40. The van der Waals surface area contributed by atoms with Gasteiger partial charge in [-0.1, -0.05) is 12.1 Å². The van der Waals surface area contributed by atoms with E-state index < -0.39 is 11.7 Å². The van der Waals surface area contributed by atoms with Gasteiger partial charge in [0.25, 0.3) is 0 Å². The van der Waals surface area contributed by atoms with Gasteiger partial charge < -0.3 is 5.32 Å². The predicted molar refractivity (Wildman–Crippen MR) is 68.8 cm³/mol. The Bertz CT molecular complexity index is 400. The minimum absolute atomic E-state index is 0.428. The standard InChI is InChI=1S/C14H19F3N2/c1-11-9-19(8-2-7-18-11)10-12-3-5-13(6-4-12)14(15,16)17/h3-6,11,18H,2,7-10H2,1H3. The summed E-state index contributed by atoms with van der Waals surface area (Å²) in [5.41, 5.74) is 0.351. The maximum atomic E-state index is 12.5. The lowest BCUT2D eigenvalue weighted by atomic mass is 10.1. The number of nitrogens with zero attached hydrogens (tertiary/aromatic N) is 1. The van der Waals surface area contributed by atoms with Crippen molar-refractivity contribution in [2.75, 3.05) is 19.6 Å². The molecule has 0 spiro atoms. The number of alkyl halides is 3. The van der Waals surface area contributed by atoms with Gasteiger partial charge in [-0.25, -0.2) is 0 Å². The highest BCUT2D eigenvalue weighted by atomic mass is 19.4. The first-order valence-corrected chi connectivity index (χ1v) is 6.57. The van der Waals surface area contributed by atoms with Gasteiger partial charge in [0.1, 0.15) is 0 Å². The summed E-state index contributed by atoms with van der Waals surface area (Å²) >= 11 is 0. The minimum atomic E-state index is -4.25. The van der Waals surface area contributed by atoms with Crippen molar-refractivity contribution in [3.8, 4) is 0 Å². The third-order valence-electron chi connectivity index (χ3n) is 3.36. The minimum Gasteiger partial charge on any atom is -0.313 e. The molecule has 2 nitrogen and oxygen atoms in total. The second-order valence-electron chi connectivity index (χ2n) is 5.14. The van der Waals surface area contributed by atoms with E-state index in [9.17, 15) is 13.2 Å². The first-order chi connectivity index (χ1) is 8.95. The van der Waals surface area contributed by atoms with Crippen LogP contribution in [-0.2, 0) is 12.7 Å². The number of rotatable bonds is 2. The number of benzene rings is 1. The first-order valence-electron chi connectivity index (χ1n) is 6.57. The van der Waals surface area contributed by atoms with Crippen LogP contribution in [0.5, 0.6) is 0 Å². The Morgan fingerprint density at radius 1 is 1.26 bits per heavy atom. The highest BCUT2D eigenvalue weighted by molar-refractivity contribution is 5.24. The van der Waals surface area contributed by atoms with Crippen LogP contribution in [0.25, 0.3) is 0 Å². The Labute approximate surface area is 111 Å². The zero-order valence-corrected chi connectivity index (χ0v) is 11.0. The summed E-state index contributed by atoms with van der Waals surface area (Å²) in [6, 6.07) is 5.90. The highest BCUT2D eigenvalue weighted by Crippen LogP contribution is 2.29. The van der Waals surface area contributed by atoms with E-state index in [0.29, 0.717) is 12.6 Å². The van der Waals surface area contributed by atoms with Gasteiger partial charge in [-0.3, -0.25) is 4.90 Å². The van der Waals surface area contributed by atoms with Gasteiger partial charge in [-0.2, -0.15) is 13.2 Å². The van der Waals surface area contributed by atoms with Crippen LogP contribution < -0.4 is 5.32 Å². The Balaban J connectivity index is 1.99. The molecule has 5 heteroatoms. The van der Waals surface area contributed by atoms with Crippen LogP contribution in [0.3, 0.4) is 0 Å². The van der Waals surface area contributed by atoms with Crippen molar-refractivity contribution in [3.05, 3.63) is 35.4 Å². The van der Waals surface area contributed by atoms with Crippen molar-refractivity contribution in [2.24, 2.45) is 0 Å². The summed E-state index contributed by atoms with van der Waals surface area (Å²) in [6.07, 6.45) is -3.18. The lowest BCUT2D eigenvalue weighted by Crippen LogP contribution is -2.34. The number of hydrogen-bond donors (Lipinski definition) is 1. The highest BCUT2D eigenvalue weighted by Gasteiger charge is 2.30. The predicted octanol–water partition coefficient (Wildman–Crippen LogP) is 2.89. The molecule has 0 saturated carbocycles. The van der Waals surface area contributed by atoms with Crippen molar-refractivity contribution in [2.45, 2.75) is 32.1 Å². The van der Waals surface area contributed by atoms with E-state index in [1.165, 1.54) is 0 Å². The average Bonchev–Trinajstić information content (AvgIpc) is 2.53. The molecule has 1 aromatic rings. The van der Waals surface area contributed by atoms with Crippen molar-refractivity contribution in [1.29, 1.82) is 0 Å². The summed E-state index contributed by atoms with van der Waals surface area (Å²) in [5, 5.41) is 3.40. The molecular formula is C14H19F3N2. The molecule has 106 valence electrons. The normalized spacial score (nSPS) is 22.2. The van der Waals surface area contributed by atoms with Gasteiger partial charge in [0.15, 0.2) is 0 Å². The maximum absolute atomic E-state index is 12.5. The topological polar surface area (TPSA) is 15.3 Å². The molecule has 0 amide bonds. The van der Waals surface area contributed by atoms with Crippen molar-refractivity contribution in [1.82, 2.24) is 10.2 Å². The van der Waals surface area contributed by atoms with E-state index in [-0.39, 0.29) is 0 Å². The Morgan fingerprint density at radius 2 is 1.95 bits per heavy atom. The molecule has 1 aliphatic heterocycles. The second-order valence-corrected chi connectivity index (χ2v) is 5.14. The third-order valence-corrected chi connectivity index (χ3v) is 3.36. The third kappa shape index (κ3) is 4.21. The van der Waals surface area contributed by atoms with Crippen LogP contribution in [0.15, 0.2) is 24.3 Å². The van der Waals surface area contributed by atoms with Crippen molar-refractivity contribution in [3.63, 3.8) is 0 Å². The van der Waals surface area contributed by atoms with Crippen LogP contribution in [-0.4, -0.2) is 30.6 Å². The Kier molecular flexibility index (Phi) is 4.47. The molecule has 0 bridgehead atoms. The summed E-state index contributed by atoms with van der Waals surface area (Å²) in [4.78, 5) is 2.28. The summed E-state index contributed by atoms with van der Waals surface area (Å²) in [5.74, 6) is 0. The van der Waals surface area contributed by atoms with E-state index in [1.54, 1.807) is 12.1 Å². The van der Waals surface area contributed by atoms with E-state index in [0.717, 1.165) is 43.8 Å². The molecule has 1 saturated heterocycles. The molecule has 1 aliphatic rings. The van der Waals surface area contributed by atoms with E-state index >= 15 is 0 Å². The number of nitrogens with one attached hydrogen (secondary N) is 1. The molecule has 1 unspecified atom stereocenters. The van der Waals surface area contributed by atoms with Crippen LogP contribution in [0.2, 0.25) is 0 Å². The monoisotopic (exact) mass is 272 g/mol. The maximum Gasteiger partial charge on any atom is 0.416 e. The lowest BCUT2D eigenvalue weighted by molar-refractivity contribution is -0.137. The first kappa shape index (κ1) is 14.3. The van der Waals surface area contributed by atoms with Gasteiger partial charge >= 0.3 is 6.18 Å². The molecule has 19 heavy (non-hydrogen) atoms. The SMILES string of the molecule is CC1CN(Cc2ccc(C(F)(F)F)cc2)CCCN1.